The summed E-state index contributed by atoms with van der Waals surface area (Å²) in [7, 11) is 0. The Bertz CT molecular complexity index is 1340. The van der Waals surface area contributed by atoms with Crippen LogP contribution >= 0.6 is 11.6 Å². The van der Waals surface area contributed by atoms with E-state index in [1.54, 1.807) is 16.8 Å². The second-order valence-electron chi connectivity index (χ2n) is 8.09. The quantitative estimate of drug-likeness (QED) is 0.404. The van der Waals surface area contributed by atoms with Gasteiger partial charge in [-0.25, -0.2) is 4.68 Å². The number of carbonyl (C=O) groups excluding carboxylic acids is 1. The normalized spacial score (nSPS) is 14.8. The van der Waals surface area contributed by atoms with Crippen molar-refractivity contribution in [2.45, 2.75) is 19.9 Å². The lowest BCUT2D eigenvalue weighted by molar-refractivity contribution is 0.102. The summed E-state index contributed by atoms with van der Waals surface area (Å²) in [6.45, 7) is 4.04. The van der Waals surface area contributed by atoms with Gasteiger partial charge in [0.15, 0.2) is 0 Å². The van der Waals surface area contributed by atoms with Crippen molar-refractivity contribution in [3.8, 4) is 0 Å². The number of allylic oxidation sites excluding steroid dienone is 1. The van der Waals surface area contributed by atoms with E-state index >= 15 is 0 Å². The Morgan fingerprint density at radius 2 is 1.58 bits per heavy atom. The van der Waals surface area contributed by atoms with Crippen LogP contribution in [0.5, 0.6) is 0 Å². The number of amides is 1. The first-order chi connectivity index (χ1) is 16.0. The third-order valence-corrected chi connectivity index (χ3v) is 5.83. The van der Waals surface area contributed by atoms with E-state index in [1.807, 2.05) is 43.3 Å². The molecule has 6 nitrogen and oxygen atoms in total. The number of nitrogens with one attached hydrogen (secondary N) is 2. The molecule has 0 radical (unpaired) electrons. The number of anilines is 2. The molecule has 1 atom stereocenters. The average Bonchev–Trinajstić information content (AvgIpc) is 3.22. The van der Waals surface area contributed by atoms with Gasteiger partial charge in [0.2, 0.25) is 5.95 Å². The van der Waals surface area contributed by atoms with Gasteiger partial charge in [-0.15, -0.1) is 5.10 Å². The van der Waals surface area contributed by atoms with E-state index in [9.17, 15) is 4.79 Å². The van der Waals surface area contributed by atoms with Gasteiger partial charge in [0.1, 0.15) is 6.04 Å². The highest BCUT2D eigenvalue weighted by atomic mass is 35.5. The van der Waals surface area contributed by atoms with E-state index in [4.69, 9.17) is 11.6 Å². The molecular weight excluding hydrogens is 434 g/mol. The number of rotatable bonds is 4. The monoisotopic (exact) mass is 455 g/mol. The molecule has 0 bridgehead atoms. The van der Waals surface area contributed by atoms with Crippen molar-refractivity contribution in [3.63, 3.8) is 0 Å². The molecule has 1 aliphatic heterocycles. The molecule has 4 aromatic rings. The number of hydrogen-bond acceptors (Lipinski definition) is 4. The van der Waals surface area contributed by atoms with Gasteiger partial charge in [-0.1, -0.05) is 71.3 Å². The summed E-state index contributed by atoms with van der Waals surface area (Å²) in [6.07, 6.45) is 2.10. The zero-order valence-electron chi connectivity index (χ0n) is 18.2. The van der Waals surface area contributed by atoms with Crippen LogP contribution in [0.15, 0.2) is 78.9 Å². The van der Waals surface area contributed by atoms with E-state index in [2.05, 4.69) is 58.0 Å². The molecule has 33 heavy (non-hydrogen) atoms. The summed E-state index contributed by atoms with van der Waals surface area (Å²) in [5.41, 5.74) is 5.77. The second-order valence-corrected chi connectivity index (χ2v) is 8.53. The van der Waals surface area contributed by atoms with Crippen LogP contribution in [0.4, 0.5) is 11.9 Å². The average molecular weight is 456 g/mol. The van der Waals surface area contributed by atoms with Crippen molar-refractivity contribution in [3.05, 3.63) is 112 Å². The number of aryl methyl sites for hydroxylation is 2. The Balaban J connectivity index is 1.50. The molecule has 0 saturated carbocycles. The molecule has 5 rings (SSSR count). The van der Waals surface area contributed by atoms with Gasteiger partial charge < -0.3 is 5.32 Å². The summed E-state index contributed by atoms with van der Waals surface area (Å²) in [5.74, 6) is 0.536. The van der Waals surface area contributed by atoms with Crippen molar-refractivity contribution in [1.29, 1.82) is 0 Å². The number of aromatic nitrogens is 3. The third-order valence-electron chi connectivity index (χ3n) is 5.58. The molecule has 0 unspecified atom stereocenters. The first-order valence-electron chi connectivity index (χ1n) is 10.6. The maximum atomic E-state index is 12.7. The summed E-state index contributed by atoms with van der Waals surface area (Å²) < 4.78 is 1.79. The molecule has 1 aliphatic rings. The van der Waals surface area contributed by atoms with Gasteiger partial charge in [-0.05, 0) is 55.3 Å². The van der Waals surface area contributed by atoms with E-state index < -0.39 is 0 Å². The highest BCUT2D eigenvalue weighted by Crippen LogP contribution is 2.33. The molecule has 2 N–H and O–H groups in total. The highest BCUT2D eigenvalue weighted by molar-refractivity contribution is 6.30. The maximum absolute atomic E-state index is 12.7. The molecule has 1 amide bonds. The van der Waals surface area contributed by atoms with Crippen LogP contribution in [0.25, 0.3) is 5.70 Å². The van der Waals surface area contributed by atoms with Gasteiger partial charge in [0.25, 0.3) is 11.9 Å². The Morgan fingerprint density at radius 1 is 0.939 bits per heavy atom. The minimum atomic E-state index is -0.254. The van der Waals surface area contributed by atoms with Gasteiger partial charge >= 0.3 is 0 Å². The zero-order chi connectivity index (χ0) is 22.9. The predicted octanol–water partition coefficient (Wildman–Crippen LogP) is 5.86. The van der Waals surface area contributed by atoms with Crippen molar-refractivity contribution < 1.29 is 4.79 Å². The standard InChI is InChI=1S/C26H22ClN5O/c1-16-3-7-19(8-4-16)23-15-22(18-11-13-21(27)14-12-18)28-26-30-25(31-32(23)26)29-24(33)20-9-5-17(2)6-10-20/h3-15,23H,1-2H3,(H2,28,29,30,31,33)/t23-/m0/s1. The van der Waals surface area contributed by atoms with E-state index in [0.29, 0.717) is 16.5 Å². The molecular formula is C26H22ClN5O. The minimum Gasteiger partial charge on any atom is -0.324 e. The number of fused-ring (bicyclic) bond motifs is 1. The molecule has 0 fully saturated rings. The molecule has 164 valence electrons. The number of halogens is 1. The third kappa shape index (κ3) is 4.38. The second kappa shape index (κ2) is 8.56. The lowest BCUT2D eigenvalue weighted by Crippen LogP contribution is -2.20. The topological polar surface area (TPSA) is 71.8 Å². The Morgan fingerprint density at radius 3 is 2.24 bits per heavy atom. The number of benzene rings is 3. The summed E-state index contributed by atoms with van der Waals surface area (Å²) in [4.78, 5) is 17.3. The van der Waals surface area contributed by atoms with Crippen LogP contribution in [0.1, 0.15) is 38.7 Å². The fourth-order valence-corrected chi connectivity index (χ4v) is 3.85. The number of hydrogen-bond donors (Lipinski definition) is 2. The van der Waals surface area contributed by atoms with Crippen LogP contribution in [0.3, 0.4) is 0 Å². The Kier molecular flexibility index (Phi) is 5.44. The zero-order valence-corrected chi connectivity index (χ0v) is 19.0. The molecule has 0 saturated heterocycles. The summed E-state index contributed by atoms with van der Waals surface area (Å²) >= 11 is 6.08. The van der Waals surface area contributed by atoms with Crippen molar-refractivity contribution in [1.82, 2.24) is 14.8 Å². The van der Waals surface area contributed by atoms with E-state index in [-0.39, 0.29) is 17.9 Å². The van der Waals surface area contributed by atoms with Gasteiger partial charge in [-0.2, -0.15) is 4.98 Å². The Hall–Kier alpha value is -3.90. The van der Waals surface area contributed by atoms with Crippen molar-refractivity contribution in [2.75, 3.05) is 10.6 Å². The molecule has 0 spiro atoms. The van der Waals surface area contributed by atoms with Gasteiger partial charge in [-0.3, -0.25) is 10.1 Å². The Labute approximate surface area is 196 Å². The lowest BCUT2D eigenvalue weighted by atomic mass is 10.0. The van der Waals surface area contributed by atoms with Crippen LogP contribution < -0.4 is 10.6 Å². The van der Waals surface area contributed by atoms with Crippen LogP contribution in [0, 0.1) is 13.8 Å². The van der Waals surface area contributed by atoms with Gasteiger partial charge in [0, 0.05) is 16.3 Å². The first-order valence-corrected chi connectivity index (χ1v) is 11.0. The fourth-order valence-electron chi connectivity index (χ4n) is 3.72. The van der Waals surface area contributed by atoms with Crippen LogP contribution in [0.2, 0.25) is 5.02 Å². The number of nitrogens with zero attached hydrogens (tertiary/aromatic N) is 3. The molecule has 3 aromatic carbocycles. The number of carbonyl (C=O) groups is 1. The smallest absolute Gasteiger partial charge is 0.258 e. The van der Waals surface area contributed by atoms with Crippen molar-refractivity contribution >= 4 is 35.1 Å². The minimum absolute atomic E-state index is 0.190. The van der Waals surface area contributed by atoms with Crippen molar-refractivity contribution in [2.24, 2.45) is 0 Å². The van der Waals surface area contributed by atoms with Crippen LogP contribution in [-0.4, -0.2) is 20.7 Å². The van der Waals surface area contributed by atoms with Gasteiger partial charge in [0.05, 0.1) is 0 Å². The van der Waals surface area contributed by atoms with E-state index in [1.165, 1.54) is 5.56 Å². The summed E-state index contributed by atoms with van der Waals surface area (Å²) in [6, 6.07) is 23.1. The van der Waals surface area contributed by atoms with Crippen LogP contribution in [-0.2, 0) is 0 Å². The highest BCUT2D eigenvalue weighted by Gasteiger charge is 2.26. The lowest BCUT2D eigenvalue weighted by Gasteiger charge is -2.24. The fraction of sp³-hybridized carbons (Fsp3) is 0.115. The summed E-state index contributed by atoms with van der Waals surface area (Å²) in [5, 5.41) is 11.4. The maximum Gasteiger partial charge on any atom is 0.258 e. The van der Waals surface area contributed by atoms with E-state index in [0.717, 1.165) is 22.4 Å². The molecule has 1 aromatic heterocycles. The molecule has 0 aliphatic carbocycles. The molecule has 2 heterocycles. The predicted molar refractivity (Wildman–Crippen MR) is 132 cm³/mol. The first kappa shape index (κ1) is 21.0. The largest absolute Gasteiger partial charge is 0.324 e. The SMILES string of the molecule is Cc1ccc(C(=O)Nc2nc3n(n2)[C@H](c2ccc(C)cc2)C=C(c2ccc(Cl)cc2)N3)cc1. The molecule has 7 heteroatoms.